The number of aromatic nitrogens is 2. The van der Waals surface area contributed by atoms with Crippen molar-refractivity contribution in [1.29, 1.82) is 0 Å². The molecule has 0 spiro atoms. The van der Waals surface area contributed by atoms with E-state index >= 15 is 4.39 Å². The van der Waals surface area contributed by atoms with E-state index in [1.54, 1.807) is 19.3 Å². The van der Waals surface area contributed by atoms with Crippen molar-refractivity contribution in [1.82, 2.24) is 14.3 Å². The van der Waals surface area contributed by atoms with Gasteiger partial charge in [0, 0.05) is 57.0 Å². The van der Waals surface area contributed by atoms with Crippen molar-refractivity contribution in [3.05, 3.63) is 77.9 Å². The summed E-state index contributed by atoms with van der Waals surface area (Å²) >= 11 is 0. The number of morpholine rings is 1. The molecule has 2 aromatic heterocycles. The van der Waals surface area contributed by atoms with Gasteiger partial charge in [0.05, 0.1) is 53.6 Å². The van der Waals surface area contributed by atoms with Crippen LogP contribution < -0.4 is 15.1 Å². The van der Waals surface area contributed by atoms with Gasteiger partial charge in [-0.1, -0.05) is 12.1 Å². The van der Waals surface area contributed by atoms with Gasteiger partial charge in [0.25, 0.3) is 0 Å². The van der Waals surface area contributed by atoms with Crippen molar-refractivity contribution < 1.29 is 26.3 Å². The van der Waals surface area contributed by atoms with E-state index in [9.17, 15) is 17.2 Å². The van der Waals surface area contributed by atoms with Gasteiger partial charge in [-0.2, -0.15) is 4.31 Å². The first-order valence-electron chi connectivity index (χ1n) is 13.6. The number of hydrogen-bond acceptors (Lipinski definition) is 8. The third kappa shape index (κ3) is 5.35. The van der Waals surface area contributed by atoms with E-state index in [-0.39, 0.29) is 42.0 Å². The smallest absolute Gasteiger partial charge is 0.246 e. The fraction of sp³-hybridized carbons (Fsp3) is 0.310. The minimum atomic E-state index is -4.04. The molecule has 0 saturated carbocycles. The Morgan fingerprint density at radius 3 is 2.36 bits per heavy atom. The zero-order chi connectivity index (χ0) is 29.4. The second-order valence-corrected chi connectivity index (χ2v) is 12.1. The Morgan fingerprint density at radius 1 is 0.881 bits per heavy atom. The minimum Gasteiger partial charge on any atom is -0.378 e. The summed E-state index contributed by atoms with van der Waals surface area (Å²) in [6.07, 6.45) is 3.38. The molecular weight excluding hydrogens is 569 g/mol. The van der Waals surface area contributed by atoms with Crippen molar-refractivity contribution in [3.63, 3.8) is 0 Å². The van der Waals surface area contributed by atoms with Gasteiger partial charge in [0.2, 0.25) is 10.0 Å². The van der Waals surface area contributed by atoms with Crippen LogP contribution in [-0.2, 0) is 14.8 Å². The lowest BCUT2D eigenvalue weighted by Crippen LogP contribution is -2.49. The summed E-state index contributed by atoms with van der Waals surface area (Å²) in [5.74, 6) is -1.85. The Balaban J connectivity index is 1.32. The summed E-state index contributed by atoms with van der Waals surface area (Å²) in [6, 6.07) is 9.19. The average Bonchev–Trinajstić information content (AvgIpc) is 2.99. The second-order valence-electron chi connectivity index (χ2n) is 10.2. The standard InChI is InChI=1S/C29H29F3N6O3S/c1-19-28(34-21-16-22(18-33-17-21)36-10-12-41-13-11-36)27-24(32)14-20(30)15-25(27)35-29(19)37-6-8-38(9-7-37)42(39,40)26-5-3-2-4-23(26)31/h2-5,14-18H,6-13H2,1H3,(H,34,35). The normalized spacial score (nSPS) is 16.7. The van der Waals surface area contributed by atoms with Crippen LogP contribution in [0.15, 0.2) is 59.8 Å². The van der Waals surface area contributed by atoms with Crippen LogP contribution in [0.4, 0.5) is 36.1 Å². The fourth-order valence-corrected chi connectivity index (χ4v) is 6.91. The van der Waals surface area contributed by atoms with E-state index in [4.69, 9.17) is 4.74 Å². The van der Waals surface area contributed by atoms with E-state index in [1.165, 1.54) is 28.6 Å². The number of anilines is 4. The summed E-state index contributed by atoms with van der Waals surface area (Å²) < 4.78 is 76.7. The van der Waals surface area contributed by atoms with Crippen LogP contribution in [0, 0.1) is 24.4 Å². The van der Waals surface area contributed by atoms with Crippen molar-refractivity contribution in [2.75, 3.05) is 67.6 Å². The molecule has 2 aliphatic rings. The molecule has 4 aromatic rings. The van der Waals surface area contributed by atoms with Crippen LogP contribution in [0.25, 0.3) is 10.9 Å². The third-order valence-electron chi connectivity index (χ3n) is 7.58. The molecule has 2 aliphatic heterocycles. The van der Waals surface area contributed by atoms with Gasteiger partial charge in [-0.25, -0.2) is 26.6 Å². The monoisotopic (exact) mass is 598 g/mol. The number of rotatable bonds is 6. The number of halogens is 3. The number of benzene rings is 2. The van der Waals surface area contributed by atoms with E-state index in [2.05, 4.69) is 20.2 Å². The molecule has 4 heterocycles. The predicted molar refractivity (Wildman–Crippen MR) is 154 cm³/mol. The van der Waals surface area contributed by atoms with Crippen LogP contribution in [0.2, 0.25) is 0 Å². The highest BCUT2D eigenvalue weighted by molar-refractivity contribution is 7.89. The lowest BCUT2D eigenvalue weighted by molar-refractivity contribution is 0.122. The lowest BCUT2D eigenvalue weighted by Gasteiger charge is -2.36. The molecule has 42 heavy (non-hydrogen) atoms. The molecule has 0 radical (unpaired) electrons. The first-order valence-corrected chi connectivity index (χ1v) is 15.0. The summed E-state index contributed by atoms with van der Waals surface area (Å²) in [4.78, 5) is 12.6. The van der Waals surface area contributed by atoms with Crippen LogP contribution in [0.5, 0.6) is 0 Å². The van der Waals surface area contributed by atoms with Crippen LogP contribution in [0.1, 0.15) is 5.56 Å². The maximum absolute atomic E-state index is 15.2. The van der Waals surface area contributed by atoms with Crippen molar-refractivity contribution in [2.24, 2.45) is 0 Å². The minimum absolute atomic E-state index is 0.0849. The Kier molecular flexibility index (Phi) is 7.64. The Labute approximate surface area is 241 Å². The SMILES string of the molecule is Cc1c(N2CCN(S(=O)(=O)c3ccccc3F)CC2)nc2cc(F)cc(F)c2c1Nc1cncc(N2CCOCC2)c1. The Morgan fingerprint density at radius 2 is 1.62 bits per heavy atom. The van der Waals surface area contributed by atoms with E-state index in [1.807, 2.05) is 11.0 Å². The van der Waals surface area contributed by atoms with E-state index in [0.29, 0.717) is 36.0 Å². The van der Waals surface area contributed by atoms with E-state index in [0.717, 1.165) is 30.9 Å². The summed E-state index contributed by atoms with van der Waals surface area (Å²) in [5.41, 5.74) is 2.64. The zero-order valence-corrected chi connectivity index (χ0v) is 23.7. The fourth-order valence-electron chi connectivity index (χ4n) is 5.43. The predicted octanol–water partition coefficient (Wildman–Crippen LogP) is 4.45. The zero-order valence-electron chi connectivity index (χ0n) is 22.9. The molecule has 0 atom stereocenters. The molecule has 9 nitrogen and oxygen atoms in total. The quantitative estimate of drug-likeness (QED) is 0.348. The van der Waals surface area contributed by atoms with Crippen molar-refractivity contribution in [3.8, 4) is 0 Å². The molecule has 1 N–H and O–H groups in total. The summed E-state index contributed by atoms with van der Waals surface area (Å²) in [5, 5.41) is 3.43. The van der Waals surface area contributed by atoms with E-state index < -0.39 is 27.5 Å². The second kappa shape index (κ2) is 11.4. The molecule has 2 fully saturated rings. The molecule has 220 valence electrons. The van der Waals surface area contributed by atoms with Crippen LogP contribution in [0.3, 0.4) is 0 Å². The molecule has 13 heteroatoms. The van der Waals surface area contributed by atoms with Crippen LogP contribution >= 0.6 is 0 Å². The number of hydrogen-bond donors (Lipinski definition) is 1. The number of nitrogens with one attached hydrogen (secondary N) is 1. The molecule has 0 amide bonds. The maximum Gasteiger partial charge on any atom is 0.246 e. The van der Waals surface area contributed by atoms with Gasteiger partial charge in [-0.05, 0) is 25.1 Å². The number of piperazine rings is 1. The van der Waals surface area contributed by atoms with Crippen LogP contribution in [-0.4, -0.2) is 75.2 Å². The first kappa shape index (κ1) is 28.2. The molecule has 0 unspecified atom stereocenters. The first-order chi connectivity index (χ1) is 20.2. The molecular formula is C29H29F3N6O3S. The molecule has 2 saturated heterocycles. The highest BCUT2D eigenvalue weighted by atomic mass is 32.2. The molecule has 0 bridgehead atoms. The number of nitrogens with zero attached hydrogens (tertiary/aromatic N) is 5. The number of fused-ring (bicyclic) bond motifs is 1. The number of sulfonamides is 1. The lowest BCUT2D eigenvalue weighted by atomic mass is 10.1. The van der Waals surface area contributed by atoms with Gasteiger partial charge >= 0.3 is 0 Å². The summed E-state index contributed by atoms with van der Waals surface area (Å²) in [6.45, 7) is 5.12. The average molecular weight is 599 g/mol. The highest BCUT2D eigenvalue weighted by Gasteiger charge is 2.32. The Bertz CT molecular complexity index is 1740. The maximum atomic E-state index is 15.2. The molecule has 6 rings (SSSR count). The third-order valence-corrected chi connectivity index (χ3v) is 9.51. The summed E-state index contributed by atoms with van der Waals surface area (Å²) in [7, 11) is -4.04. The van der Waals surface area contributed by atoms with Gasteiger partial charge in [-0.3, -0.25) is 4.98 Å². The largest absolute Gasteiger partial charge is 0.378 e. The van der Waals surface area contributed by atoms with Gasteiger partial charge in [-0.15, -0.1) is 0 Å². The van der Waals surface area contributed by atoms with Gasteiger partial charge in [0.15, 0.2) is 0 Å². The topological polar surface area (TPSA) is 90.9 Å². The van der Waals surface area contributed by atoms with Crippen molar-refractivity contribution in [2.45, 2.75) is 11.8 Å². The number of pyridine rings is 2. The van der Waals surface area contributed by atoms with Gasteiger partial charge in [0.1, 0.15) is 28.2 Å². The molecule has 2 aromatic carbocycles. The highest BCUT2D eigenvalue weighted by Crippen LogP contribution is 2.37. The molecule has 0 aliphatic carbocycles. The number of ether oxygens (including phenoxy) is 1. The van der Waals surface area contributed by atoms with Crippen molar-refractivity contribution >= 4 is 43.8 Å². The Hall–Kier alpha value is -3.94. The van der Waals surface area contributed by atoms with Gasteiger partial charge < -0.3 is 19.9 Å².